The molecule has 10 heteroatoms. The van der Waals surface area contributed by atoms with Crippen LogP contribution in [0.4, 0.5) is 18.3 Å². The molecular formula is C13H16F3N3O3S. The summed E-state index contributed by atoms with van der Waals surface area (Å²) in [6, 6.07) is 0. The number of nitrogens with zero attached hydrogens (tertiary/aromatic N) is 1. The second-order valence-electron chi connectivity index (χ2n) is 5.14. The zero-order valence-electron chi connectivity index (χ0n) is 12.5. The van der Waals surface area contributed by atoms with Gasteiger partial charge < -0.3 is 15.4 Å². The number of thiazole rings is 1. The predicted octanol–water partition coefficient (Wildman–Crippen LogP) is 2.00. The average molecular weight is 351 g/mol. The molecule has 1 aromatic heterocycles. The summed E-state index contributed by atoms with van der Waals surface area (Å²) in [5.41, 5.74) is -2.64. The van der Waals surface area contributed by atoms with Gasteiger partial charge in [-0.15, -0.1) is 11.3 Å². The summed E-state index contributed by atoms with van der Waals surface area (Å²) in [6.07, 6.45) is -1.82. The fraction of sp³-hybridized carbons (Fsp3) is 0.615. The Balaban J connectivity index is 2.42. The summed E-state index contributed by atoms with van der Waals surface area (Å²) >= 11 is 1.05. The Morgan fingerprint density at radius 3 is 2.43 bits per heavy atom. The number of aryl methyl sites for hydroxylation is 2. The summed E-state index contributed by atoms with van der Waals surface area (Å²) in [5, 5.41) is 3.60. The van der Waals surface area contributed by atoms with Crippen LogP contribution in [0.25, 0.3) is 0 Å². The van der Waals surface area contributed by atoms with Crippen molar-refractivity contribution >= 4 is 28.3 Å². The third kappa shape index (κ3) is 3.41. The lowest BCUT2D eigenvalue weighted by molar-refractivity contribution is -0.206. The van der Waals surface area contributed by atoms with Crippen molar-refractivity contribution < 1.29 is 27.5 Å². The number of hydrogen-bond acceptors (Lipinski definition) is 6. The minimum atomic E-state index is -5.11. The van der Waals surface area contributed by atoms with Gasteiger partial charge in [0, 0.05) is 11.8 Å². The standard InChI is InChI=1S/C13H16F3N3O3S/c1-7(20)18-12(10(21)22-2,13(14,15)16)19-11-17-8-5-3-4-6-9(8)23-11/h3-6H2,1-2H3,(H,17,19)(H,18,20)/t12-/m1/s1. The second kappa shape index (κ2) is 6.34. The van der Waals surface area contributed by atoms with E-state index in [-0.39, 0.29) is 5.13 Å². The third-order valence-electron chi connectivity index (χ3n) is 3.42. The van der Waals surface area contributed by atoms with E-state index in [1.54, 1.807) is 5.32 Å². The van der Waals surface area contributed by atoms with Crippen LogP contribution in [0, 0.1) is 0 Å². The van der Waals surface area contributed by atoms with Crippen LogP contribution in [0.15, 0.2) is 0 Å². The lowest BCUT2D eigenvalue weighted by Crippen LogP contribution is -2.69. The maximum absolute atomic E-state index is 13.5. The number of amides is 1. The quantitative estimate of drug-likeness (QED) is 0.641. The van der Waals surface area contributed by atoms with Crippen LogP contribution in [0.5, 0.6) is 0 Å². The van der Waals surface area contributed by atoms with Crippen LogP contribution < -0.4 is 10.6 Å². The Morgan fingerprint density at radius 1 is 1.26 bits per heavy atom. The molecule has 2 rings (SSSR count). The van der Waals surface area contributed by atoms with Crippen molar-refractivity contribution in [3.8, 4) is 0 Å². The molecule has 1 amide bonds. The lowest BCUT2D eigenvalue weighted by Gasteiger charge is -2.33. The monoisotopic (exact) mass is 351 g/mol. The van der Waals surface area contributed by atoms with E-state index in [9.17, 15) is 22.8 Å². The summed E-state index contributed by atoms with van der Waals surface area (Å²) in [4.78, 5) is 28.1. The zero-order chi connectivity index (χ0) is 17.3. The highest BCUT2D eigenvalue weighted by Gasteiger charge is 2.63. The lowest BCUT2D eigenvalue weighted by atomic mass is 10.0. The van der Waals surface area contributed by atoms with Crippen LogP contribution in [0.3, 0.4) is 0 Å². The predicted molar refractivity (Wildman–Crippen MR) is 77.0 cm³/mol. The molecule has 0 saturated heterocycles. The average Bonchev–Trinajstić information content (AvgIpc) is 2.85. The number of esters is 1. The molecule has 1 atom stereocenters. The Bertz CT molecular complexity index is 594. The van der Waals surface area contributed by atoms with Gasteiger partial charge in [0.15, 0.2) is 5.13 Å². The van der Waals surface area contributed by atoms with E-state index in [1.165, 1.54) is 0 Å². The highest BCUT2D eigenvalue weighted by Crippen LogP contribution is 2.36. The van der Waals surface area contributed by atoms with Gasteiger partial charge in [-0.3, -0.25) is 4.79 Å². The molecule has 1 aliphatic carbocycles. The first kappa shape index (κ1) is 17.5. The molecule has 0 saturated carbocycles. The topological polar surface area (TPSA) is 80.3 Å². The van der Waals surface area contributed by atoms with Gasteiger partial charge in [0.25, 0.3) is 0 Å². The third-order valence-corrected chi connectivity index (χ3v) is 4.49. The summed E-state index contributed by atoms with van der Waals surface area (Å²) in [7, 11) is 0.819. The first-order valence-electron chi connectivity index (χ1n) is 6.90. The Kier molecular flexibility index (Phi) is 4.83. The zero-order valence-corrected chi connectivity index (χ0v) is 13.4. The molecule has 0 radical (unpaired) electrons. The number of anilines is 1. The highest BCUT2D eigenvalue weighted by molar-refractivity contribution is 7.15. The number of aromatic nitrogens is 1. The number of alkyl halides is 3. The van der Waals surface area contributed by atoms with Crippen LogP contribution in [0.1, 0.15) is 30.3 Å². The normalized spacial score (nSPS) is 16.9. The largest absolute Gasteiger partial charge is 0.466 e. The molecule has 1 heterocycles. The number of carbonyl (C=O) groups excluding carboxylic acids is 2. The Hall–Kier alpha value is -1.84. The maximum atomic E-state index is 13.5. The first-order valence-corrected chi connectivity index (χ1v) is 7.72. The van der Waals surface area contributed by atoms with Gasteiger partial charge in [-0.2, -0.15) is 13.2 Å². The van der Waals surface area contributed by atoms with Gasteiger partial charge in [-0.05, 0) is 25.7 Å². The molecule has 0 aromatic carbocycles. The smallest absolute Gasteiger partial charge is 0.442 e. The van der Waals surface area contributed by atoms with Crippen LogP contribution in [0.2, 0.25) is 0 Å². The van der Waals surface area contributed by atoms with Crippen molar-refractivity contribution in [3.05, 3.63) is 10.6 Å². The van der Waals surface area contributed by atoms with Crippen molar-refractivity contribution in [1.29, 1.82) is 0 Å². The highest BCUT2D eigenvalue weighted by atomic mass is 32.1. The molecule has 1 aliphatic rings. The van der Waals surface area contributed by atoms with E-state index in [4.69, 9.17) is 0 Å². The van der Waals surface area contributed by atoms with E-state index in [0.717, 1.165) is 55.2 Å². The molecule has 128 valence electrons. The van der Waals surface area contributed by atoms with Crippen LogP contribution >= 0.6 is 11.3 Å². The molecule has 0 unspecified atom stereocenters. The Morgan fingerprint density at radius 2 is 1.91 bits per heavy atom. The van der Waals surface area contributed by atoms with Crippen molar-refractivity contribution in [2.45, 2.75) is 44.4 Å². The van der Waals surface area contributed by atoms with Crippen molar-refractivity contribution in [2.24, 2.45) is 0 Å². The van der Waals surface area contributed by atoms with Gasteiger partial charge in [0.2, 0.25) is 5.91 Å². The van der Waals surface area contributed by atoms with Crippen molar-refractivity contribution in [1.82, 2.24) is 10.3 Å². The van der Waals surface area contributed by atoms with E-state index < -0.39 is 23.7 Å². The number of methoxy groups -OCH3 is 1. The summed E-state index contributed by atoms with van der Waals surface area (Å²) < 4.78 is 44.9. The van der Waals surface area contributed by atoms with E-state index in [1.807, 2.05) is 5.32 Å². The molecule has 0 aliphatic heterocycles. The number of hydrogen-bond donors (Lipinski definition) is 2. The van der Waals surface area contributed by atoms with Crippen LogP contribution in [-0.4, -0.2) is 35.8 Å². The number of halogens is 3. The molecule has 1 aromatic rings. The minimum absolute atomic E-state index is 0.0756. The van der Waals surface area contributed by atoms with Gasteiger partial charge in [0.1, 0.15) is 0 Å². The molecule has 2 N–H and O–H groups in total. The minimum Gasteiger partial charge on any atom is -0.466 e. The fourth-order valence-corrected chi connectivity index (χ4v) is 3.48. The molecular weight excluding hydrogens is 335 g/mol. The first-order chi connectivity index (χ1) is 10.7. The second-order valence-corrected chi connectivity index (χ2v) is 6.23. The number of fused-ring (bicyclic) bond motifs is 1. The number of nitrogens with one attached hydrogen (secondary N) is 2. The molecule has 23 heavy (non-hydrogen) atoms. The van der Waals surface area contributed by atoms with E-state index in [2.05, 4.69) is 9.72 Å². The van der Waals surface area contributed by atoms with Crippen molar-refractivity contribution in [3.63, 3.8) is 0 Å². The van der Waals surface area contributed by atoms with Gasteiger partial charge in [-0.25, -0.2) is 9.78 Å². The van der Waals surface area contributed by atoms with E-state index >= 15 is 0 Å². The molecule has 0 spiro atoms. The maximum Gasteiger partial charge on any atom is 0.442 e. The van der Waals surface area contributed by atoms with Crippen LogP contribution in [-0.2, 0) is 27.2 Å². The van der Waals surface area contributed by atoms with Crippen molar-refractivity contribution in [2.75, 3.05) is 12.4 Å². The van der Waals surface area contributed by atoms with Gasteiger partial charge in [0.05, 0.1) is 12.8 Å². The molecule has 6 nitrogen and oxygen atoms in total. The Labute approximate surface area is 134 Å². The molecule has 0 fully saturated rings. The number of rotatable bonds is 4. The fourth-order valence-electron chi connectivity index (χ4n) is 2.37. The van der Waals surface area contributed by atoms with Gasteiger partial charge >= 0.3 is 17.8 Å². The number of ether oxygens (including phenoxy) is 1. The summed E-state index contributed by atoms with van der Waals surface area (Å²) in [6.45, 7) is 0.887. The molecule has 0 bridgehead atoms. The number of carbonyl (C=O) groups is 2. The van der Waals surface area contributed by atoms with E-state index in [0.29, 0.717) is 6.42 Å². The summed E-state index contributed by atoms with van der Waals surface area (Å²) in [5.74, 6) is -2.69. The SMILES string of the molecule is COC(=O)[C@@](NC(C)=O)(Nc1nc2c(s1)CCCC2)C(F)(F)F. The van der Waals surface area contributed by atoms with Gasteiger partial charge in [-0.1, -0.05) is 0 Å².